The lowest BCUT2D eigenvalue weighted by molar-refractivity contribution is 0.0950. The van der Waals surface area contributed by atoms with Gasteiger partial charge in [0.1, 0.15) is 5.76 Å². The van der Waals surface area contributed by atoms with E-state index in [0.29, 0.717) is 23.7 Å². The maximum Gasteiger partial charge on any atom is 0.253 e. The SMILES string of the molecule is Cc1noc(C)c1CNC(=O)c1cnc(NN)c(Cl)c1. The van der Waals surface area contributed by atoms with Crippen molar-refractivity contribution < 1.29 is 9.32 Å². The second-order valence-corrected chi connectivity index (χ2v) is 4.59. The zero-order valence-electron chi connectivity index (χ0n) is 11.0. The average molecular weight is 296 g/mol. The summed E-state index contributed by atoms with van der Waals surface area (Å²) >= 11 is 5.91. The molecule has 0 aliphatic carbocycles. The predicted molar refractivity (Wildman–Crippen MR) is 74.2 cm³/mol. The van der Waals surface area contributed by atoms with Gasteiger partial charge in [0.05, 0.1) is 16.3 Å². The maximum atomic E-state index is 12.0. The van der Waals surface area contributed by atoms with Crippen LogP contribution in [0.25, 0.3) is 0 Å². The smallest absolute Gasteiger partial charge is 0.253 e. The summed E-state index contributed by atoms with van der Waals surface area (Å²) in [5, 5.41) is 6.86. The first-order chi connectivity index (χ1) is 9.52. The molecule has 0 aliphatic heterocycles. The first-order valence-electron chi connectivity index (χ1n) is 5.85. The first kappa shape index (κ1) is 14.3. The number of halogens is 1. The maximum absolute atomic E-state index is 12.0. The first-order valence-corrected chi connectivity index (χ1v) is 6.22. The molecule has 0 radical (unpaired) electrons. The van der Waals surface area contributed by atoms with Gasteiger partial charge >= 0.3 is 0 Å². The fraction of sp³-hybridized carbons (Fsp3) is 0.250. The molecule has 0 aromatic carbocycles. The number of nitrogens with two attached hydrogens (primary N) is 1. The quantitative estimate of drug-likeness (QED) is 0.584. The molecule has 0 spiro atoms. The minimum absolute atomic E-state index is 0.275. The van der Waals surface area contributed by atoms with Gasteiger partial charge in [0.15, 0.2) is 5.82 Å². The van der Waals surface area contributed by atoms with Crippen LogP contribution in [0, 0.1) is 13.8 Å². The number of pyridine rings is 1. The molecule has 2 heterocycles. The summed E-state index contributed by atoms with van der Waals surface area (Å²) in [5.74, 6) is 5.93. The molecular weight excluding hydrogens is 282 g/mol. The van der Waals surface area contributed by atoms with Crippen LogP contribution >= 0.6 is 11.6 Å². The third kappa shape index (κ3) is 2.89. The highest BCUT2D eigenvalue weighted by Crippen LogP contribution is 2.19. The number of nitrogens with one attached hydrogen (secondary N) is 2. The number of hydrogen-bond acceptors (Lipinski definition) is 6. The van der Waals surface area contributed by atoms with Crippen molar-refractivity contribution in [3.8, 4) is 0 Å². The summed E-state index contributed by atoms with van der Waals surface area (Å²) in [6, 6.07) is 1.49. The van der Waals surface area contributed by atoms with Crippen LogP contribution in [-0.2, 0) is 6.54 Å². The summed E-state index contributed by atoms with van der Waals surface area (Å²) in [6.07, 6.45) is 1.39. The summed E-state index contributed by atoms with van der Waals surface area (Å²) < 4.78 is 5.03. The summed E-state index contributed by atoms with van der Waals surface area (Å²) in [7, 11) is 0. The number of hydrazine groups is 1. The van der Waals surface area contributed by atoms with Crippen molar-refractivity contribution >= 4 is 23.3 Å². The van der Waals surface area contributed by atoms with E-state index in [2.05, 4.69) is 20.9 Å². The van der Waals surface area contributed by atoms with Crippen LogP contribution in [-0.4, -0.2) is 16.0 Å². The van der Waals surface area contributed by atoms with E-state index >= 15 is 0 Å². The Kier molecular flexibility index (Phi) is 4.21. The number of aryl methyl sites for hydroxylation is 2. The third-order valence-electron chi connectivity index (χ3n) is 2.85. The standard InChI is InChI=1S/C12H14ClN5O2/c1-6-9(7(2)20-18-6)5-16-12(19)8-3-10(13)11(17-14)15-4-8/h3-4H,5,14H2,1-2H3,(H,15,17)(H,16,19). The Labute approximate surface area is 120 Å². The Morgan fingerprint density at radius 1 is 1.50 bits per heavy atom. The van der Waals surface area contributed by atoms with Crippen molar-refractivity contribution in [1.82, 2.24) is 15.5 Å². The zero-order chi connectivity index (χ0) is 14.7. The van der Waals surface area contributed by atoms with Gasteiger partial charge in [0.25, 0.3) is 5.91 Å². The van der Waals surface area contributed by atoms with Crippen molar-refractivity contribution in [3.63, 3.8) is 0 Å². The number of aromatic nitrogens is 2. The van der Waals surface area contributed by atoms with Gasteiger partial charge in [-0.05, 0) is 19.9 Å². The summed E-state index contributed by atoms with van der Waals surface area (Å²) in [5.41, 5.74) is 4.29. The Morgan fingerprint density at radius 3 is 2.80 bits per heavy atom. The Morgan fingerprint density at radius 2 is 2.25 bits per heavy atom. The van der Waals surface area contributed by atoms with Gasteiger partial charge < -0.3 is 15.3 Å². The molecule has 7 nitrogen and oxygen atoms in total. The second-order valence-electron chi connectivity index (χ2n) is 4.18. The highest BCUT2D eigenvalue weighted by molar-refractivity contribution is 6.33. The Balaban J connectivity index is 2.07. The van der Waals surface area contributed by atoms with E-state index in [9.17, 15) is 4.79 Å². The highest BCUT2D eigenvalue weighted by Gasteiger charge is 2.13. The molecule has 0 fully saturated rings. The molecule has 0 unspecified atom stereocenters. The van der Waals surface area contributed by atoms with Gasteiger partial charge in [-0.3, -0.25) is 4.79 Å². The van der Waals surface area contributed by atoms with Crippen LogP contribution in [0.5, 0.6) is 0 Å². The lowest BCUT2D eigenvalue weighted by atomic mass is 10.2. The number of nitrogen functional groups attached to an aromatic ring is 1. The number of rotatable bonds is 4. The molecule has 0 saturated heterocycles. The van der Waals surface area contributed by atoms with Crippen LogP contribution in [0.15, 0.2) is 16.8 Å². The number of carbonyl (C=O) groups is 1. The molecule has 2 aromatic heterocycles. The predicted octanol–water partition coefficient (Wildman–Crippen LogP) is 1.56. The van der Waals surface area contributed by atoms with Crippen molar-refractivity contribution in [2.75, 3.05) is 5.43 Å². The number of anilines is 1. The average Bonchev–Trinajstić information content (AvgIpc) is 2.75. The van der Waals surface area contributed by atoms with Gasteiger partial charge in [-0.25, -0.2) is 10.8 Å². The van der Waals surface area contributed by atoms with Gasteiger partial charge in [-0.1, -0.05) is 16.8 Å². The van der Waals surface area contributed by atoms with Gasteiger partial charge in [0.2, 0.25) is 0 Å². The number of carbonyl (C=O) groups excluding carboxylic acids is 1. The lowest BCUT2D eigenvalue weighted by Gasteiger charge is -2.07. The summed E-state index contributed by atoms with van der Waals surface area (Å²) in [4.78, 5) is 15.9. The van der Waals surface area contributed by atoms with Crippen LogP contribution in [0.1, 0.15) is 27.4 Å². The molecule has 0 bridgehead atoms. The monoisotopic (exact) mass is 295 g/mol. The molecule has 2 rings (SSSR count). The van der Waals surface area contributed by atoms with Gasteiger partial charge in [-0.2, -0.15) is 0 Å². The van der Waals surface area contributed by atoms with E-state index in [1.807, 2.05) is 6.92 Å². The molecule has 4 N–H and O–H groups in total. The number of hydrogen-bond donors (Lipinski definition) is 3. The molecule has 0 aliphatic rings. The van der Waals surface area contributed by atoms with Crippen LogP contribution in [0.2, 0.25) is 5.02 Å². The Hall–Kier alpha value is -2.12. The fourth-order valence-electron chi connectivity index (χ4n) is 1.69. The van der Waals surface area contributed by atoms with Crippen LogP contribution < -0.4 is 16.6 Å². The molecule has 0 atom stereocenters. The molecular formula is C12H14ClN5O2. The second kappa shape index (κ2) is 5.89. The Bertz CT molecular complexity index is 621. The molecule has 8 heteroatoms. The van der Waals surface area contributed by atoms with E-state index in [0.717, 1.165) is 11.3 Å². The zero-order valence-corrected chi connectivity index (χ0v) is 11.8. The van der Waals surface area contributed by atoms with E-state index in [1.165, 1.54) is 12.3 Å². The number of amides is 1. The fourth-order valence-corrected chi connectivity index (χ4v) is 1.91. The normalized spacial score (nSPS) is 10.4. The highest BCUT2D eigenvalue weighted by atomic mass is 35.5. The molecule has 20 heavy (non-hydrogen) atoms. The summed E-state index contributed by atoms with van der Waals surface area (Å²) in [6.45, 7) is 3.94. The van der Waals surface area contributed by atoms with Crippen LogP contribution in [0.4, 0.5) is 5.82 Å². The van der Waals surface area contributed by atoms with Gasteiger partial charge in [-0.15, -0.1) is 0 Å². The van der Waals surface area contributed by atoms with E-state index < -0.39 is 0 Å². The minimum Gasteiger partial charge on any atom is -0.361 e. The number of nitrogens with zero attached hydrogens (tertiary/aromatic N) is 2. The topological polar surface area (TPSA) is 106 Å². The van der Waals surface area contributed by atoms with E-state index in [-0.39, 0.29) is 10.9 Å². The minimum atomic E-state index is -0.289. The van der Waals surface area contributed by atoms with Crippen molar-refractivity contribution in [2.24, 2.45) is 5.84 Å². The lowest BCUT2D eigenvalue weighted by Crippen LogP contribution is -2.23. The van der Waals surface area contributed by atoms with Crippen LogP contribution in [0.3, 0.4) is 0 Å². The largest absolute Gasteiger partial charge is 0.361 e. The third-order valence-corrected chi connectivity index (χ3v) is 3.14. The molecule has 0 saturated carbocycles. The molecule has 1 amide bonds. The van der Waals surface area contributed by atoms with E-state index in [4.69, 9.17) is 22.0 Å². The molecule has 2 aromatic rings. The van der Waals surface area contributed by atoms with E-state index in [1.54, 1.807) is 6.92 Å². The van der Waals surface area contributed by atoms with Crippen molar-refractivity contribution in [2.45, 2.75) is 20.4 Å². The van der Waals surface area contributed by atoms with Crippen molar-refractivity contribution in [1.29, 1.82) is 0 Å². The van der Waals surface area contributed by atoms with Gasteiger partial charge in [0, 0.05) is 18.3 Å². The van der Waals surface area contributed by atoms with Crippen molar-refractivity contribution in [3.05, 3.63) is 39.9 Å². The molecule has 106 valence electrons.